The second-order valence-corrected chi connectivity index (χ2v) is 14.6. The maximum Gasteiger partial charge on any atom is 0.306 e. The standard InChI is InChI=1S/C51H82O6/c1-4-7-10-13-16-19-22-24-25-27-29-32-35-38-41-44-50(53)56-47-48(46-55-49(52)43-40-37-34-31-28-21-18-15-12-9-6-3)57-51(54)45-42-39-36-33-30-26-23-20-17-14-11-8-5-2/h7,9-10,12-13,16,18-19,21-22,24-26,30-31,34,48H,4-6,8,11,14-15,17,20,23,27-29,32-33,35-47H2,1-3H3/b10-7-,12-9-,16-13-,21-18-,22-19-,25-24-,30-26-,34-31-. The molecule has 0 fully saturated rings. The summed E-state index contributed by atoms with van der Waals surface area (Å²) in [5.41, 5.74) is 0. The summed E-state index contributed by atoms with van der Waals surface area (Å²) >= 11 is 0. The van der Waals surface area contributed by atoms with E-state index in [0.717, 1.165) is 103 Å². The Labute approximate surface area is 349 Å². The van der Waals surface area contributed by atoms with Crippen molar-refractivity contribution in [1.82, 2.24) is 0 Å². The van der Waals surface area contributed by atoms with Gasteiger partial charge >= 0.3 is 17.9 Å². The highest BCUT2D eigenvalue weighted by molar-refractivity contribution is 5.71. The molecular weight excluding hydrogens is 709 g/mol. The zero-order chi connectivity index (χ0) is 41.5. The minimum Gasteiger partial charge on any atom is -0.462 e. The summed E-state index contributed by atoms with van der Waals surface area (Å²) in [5.74, 6) is -1.02. The molecule has 0 rings (SSSR count). The van der Waals surface area contributed by atoms with Crippen LogP contribution in [-0.4, -0.2) is 37.2 Å². The van der Waals surface area contributed by atoms with E-state index in [-0.39, 0.29) is 44.0 Å². The second-order valence-electron chi connectivity index (χ2n) is 14.6. The highest BCUT2D eigenvalue weighted by Gasteiger charge is 2.19. The zero-order valence-electron chi connectivity index (χ0n) is 36.6. The van der Waals surface area contributed by atoms with E-state index in [1.54, 1.807) is 0 Å². The molecule has 0 aromatic heterocycles. The van der Waals surface area contributed by atoms with Crippen LogP contribution in [0.25, 0.3) is 0 Å². The van der Waals surface area contributed by atoms with Gasteiger partial charge in [0.2, 0.25) is 0 Å². The maximum absolute atomic E-state index is 12.7. The Kier molecular flexibility index (Phi) is 42.1. The topological polar surface area (TPSA) is 78.9 Å². The lowest BCUT2D eigenvalue weighted by molar-refractivity contribution is -0.167. The fourth-order valence-corrected chi connectivity index (χ4v) is 5.76. The van der Waals surface area contributed by atoms with Gasteiger partial charge in [-0.2, -0.15) is 0 Å². The molecule has 0 saturated heterocycles. The Bertz CT molecular complexity index is 1180. The molecule has 0 N–H and O–H groups in total. The van der Waals surface area contributed by atoms with Crippen molar-refractivity contribution in [3.63, 3.8) is 0 Å². The number of hydrogen-bond donors (Lipinski definition) is 0. The number of carbonyl (C=O) groups is 3. The molecule has 0 amide bonds. The van der Waals surface area contributed by atoms with E-state index >= 15 is 0 Å². The van der Waals surface area contributed by atoms with Crippen molar-refractivity contribution >= 4 is 17.9 Å². The van der Waals surface area contributed by atoms with Crippen LogP contribution in [0.1, 0.15) is 188 Å². The first-order chi connectivity index (χ1) is 28.0. The highest BCUT2D eigenvalue weighted by atomic mass is 16.6. The van der Waals surface area contributed by atoms with Gasteiger partial charge < -0.3 is 14.2 Å². The largest absolute Gasteiger partial charge is 0.462 e. The molecule has 322 valence electrons. The van der Waals surface area contributed by atoms with Crippen LogP contribution in [0.5, 0.6) is 0 Å². The molecule has 0 radical (unpaired) electrons. The van der Waals surface area contributed by atoms with Gasteiger partial charge in [0, 0.05) is 19.3 Å². The molecule has 0 aliphatic carbocycles. The van der Waals surface area contributed by atoms with Crippen LogP contribution in [0, 0.1) is 0 Å². The van der Waals surface area contributed by atoms with Crippen molar-refractivity contribution in [2.45, 2.75) is 194 Å². The van der Waals surface area contributed by atoms with Crippen LogP contribution < -0.4 is 0 Å². The average molecular weight is 791 g/mol. The second kappa shape index (κ2) is 45.0. The van der Waals surface area contributed by atoms with Gasteiger partial charge in [-0.25, -0.2) is 0 Å². The van der Waals surface area contributed by atoms with E-state index in [1.807, 2.05) is 24.3 Å². The highest BCUT2D eigenvalue weighted by Crippen LogP contribution is 2.12. The quantitative estimate of drug-likeness (QED) is 0.0203. The Morgan fingerprint density at radius 3 is 1.39 bits per heavy atom. The summed E-state index contributed by atoms with van der Waals surface area (Å²) in [6.45, 7) is 6.26. The molecule has 0 bridgehead atoms. The van der Waals surface area contributed by atoms with E-state index in [4.69, 9.17) is 14.2 Å². The van der Waals surface area contributed by atoms with E-state index in [2.05, 4.69) is 93.7 Å². The molecule has 1 atom stereocenters. The SMILES string of the molecule is CC\C=C/C=C\C=C/C=C\CCCCCCCC(=O)OCC(COC(=O)CCC/C=C\C/C=C\C/C=C\CC)OC(=O)CCCCC/C=C\CCCCCCCC. The van der Waals surface area contributed by atoms with Gasteiger partial charge in [0.15, 0.2) is 6.10 Å². The number of allylic oxidation sites excluding steroid dienone is 16. The first-order valence-corrected chi connectivity index (χ1v) is 22.8. The third-order valence-electron chi connectivity index (χ3n) is 9.15. The minimum absolute atomic E-state index is 0.113. The fraction of sp³-hybridized carbons (Fsp3) is 0.627. The Hall–Kier alpha value is -3.67. The first kappa shape index (κ1) is 53.3. The van der Waals surface area contributed by atoms with Crippen molar-refractivity contribution in [3.05, 3.63) is 97.2 Å². The molecule has 0 aromatic carbocycles. The Morgan fingerprint density at radius 2 is 0.789 bits per heavy atom. The molecule has 0 spiro atoms. The van der Waals surface area contributed by atoms with Crippen molar-refractivity contribution in [2.24, 2.45) is 0 Å². The fourth-order valence-electron chi connectivity index (χ4n) is 5.76. The van der Waals surface area contributed by atoms with Crippen LogP contribution in [0.2, 0.25) is 0 Å². The smallest absolute Gasteiger partial charge is 0.306 e. The lowest BCUT2D eigenvalue weighted by atomic mass is 10.1. The number of carbonyl (C=O) groups excluding carboxylic acids is 3. The number of rotatable bonds is 39. The van der Waals surface area contributed by atoms with Gasteiger partial charge in [-0.1, -0.05) is 176 Å². The predicted molar refractivity (Wildman–Crippen MR) is 242 cm³/mol. The zero-order valence-corrected chi connectivity index (χ0v) is 36.6. The van der Waals surface area contributed by atoms with Crippen LogP contribution in [-0.2, 0) is 28.6 Å². The molecule has 0 aliphatic heterocycles. The monoisotopic (exact) mass is 791 g/mol. The number of ether oxygens (including phenoxy) is 3. The van der Waals surface area contributed by atoms with E-state index in [1.165, 1.54) is 38.5 Å². The minimum atomic E-state index is -0.814. The Balaban J connectivity index is 4.52. The summed E-state index contributed by atoms with van der Waals surface area (Å²) < 4.78 is 16.6. The van der Waals surface area contributed by atoms with Crippen molar-refractivity contribution in [1.29, 1.82) is 0 Å². The van der Waals surface area contributed by atoms with Gasteiger partial charge in [0.05, 0.1) is 0 Å². The van der Waals surface area contributed by atoms with Crippen LogP contribution in [0.4, 0.5) is 0 Å². The number of hydrogen-bond acceptors (Lipinski definition) is 6. The van der Waals surface area contributed by atoms with Crippen molar-refractivity contribution in [2.75, 3.05) is 13.2 Å². The molecule has 0 heterocycles. The van der Waals surface area contributed by atoms with Crippen LogP contribution >= 0.6 is 0 Å². The summed E-state index contributed by atoms with van der Waals surface area (Å²) in [7, 11) is 0. The molecule has 57 heavy (non-hydrogen) atoms. The number of esters is 3. The first-order valence-electron chi connectivity index (χ1n) is 22.8. The van der Waals surface area contributed by atoms with Crippen molar-refractivity contribution in [3.8, 4) is 0 Å². The summed E-state index contributed by atoms with van der Waals surface area (Å²) in [6, 6.07) is 0. The molecule has 0 aromatic rings. The lowest BCUT2D eigenvalue weighted by Crippen LogP contribution is -2.30. The predicted octanol–water partition coefficient (Wildman–Crippen LogP) is 14.6. The molecule has 6 nitrogen and oxygen atoms in total. The normalized spacial score (nSPS) is 13.0. The summed E-state index contributed by atoms with van der Waals surface area (Å²) in [6.07, 6.45) is 58.2. The third-order valence-corrected chi connectivity index (χ3v) is 9.15. The van der Waals surface area contributed by atoms with Gasteiger partial charge in [0.1, 0.15) is 13.2 Å². The maximum atomic E-state index is 12.7. The van der Waals surface area contributed by atoms with Gasteiger partial charge in [-0.05, 0) is 89.9 Å². The lowest BCUT2D eigenvalue weighted by Gasteiger charge is -2.18. The third kappa shape index (κ3) is 43.3. The van der Waals surface area contributed by atoms with E-state index in [9.17, 15) is 14.4 Å². The van der Waals surface area contributed by atoms with E-state index in [0.29, 0.717) is 12.8 Å². The summed E-state index contributed by atoms with van der Waals surface area (Å²) in [5, 5.41) is 0. The van der Waals surface area contributed by atoms with Crippen LogP contribution in [0.3, 0.4) is 0 Å². The average Bonchev–Trinajstić information content (AvgIpc) is 3.21. The molecule has 0 aliphatic rings. The van der Waals surface area contributed by atoms with Crippen molar-refractivity contribution < 1.29 is 28.6 Å². The molecule has 6 heteroatoms. The Morgan fingerprint density at radius 1 is 0.386 bits per heavy atom. The van der Waals surface area contributed by atoms with Gasteiger partial charge in [0.25, 0.3) is 0 Å². The molecule has 1 unspecified atom stereocenters. The molecular formula is C51H82O6. The molecule has 0 saturated carbocycles. The van der Waals surface area contributed by atoms with E-state index < -0.39 is 6.10 Å². The number of unbranched alkanes of at least 4 members (excludes halogenated alkanes) is 15. The van der Waals surface area contributed by atoms with Gasteiger partial charge in [-0.3, -0.25) is 14.4 Å². The van der Waals surface area contributed by atoms with Gasteiger partial charge in [-0.15, -0.1) is 0 Å². The summed E-state index contributed by atoms with van der Waals surface area (Å²) in [4.78, 5) is 37.7. The van der Waals surface area contributed by atoms with Crippen LogP contribution in [0.15, 0.2) is 97.2 Å².